The summed E-state index contributed by atoms with van der Waals surface area (Å²) in [6, 6.07) is 4.84. The Morgan fingerprint density at radius 1 is 1.65 bits per heavy atom. The molecule has 0 bridgehead atoms. The number of aromatic nitrogens is 1. The first-order valence-corrected chi connectivity index (χ1v) is 5.22. The van der Waals surface area contributed by atoms with Crippen LogP contribution < -0.4 is 10.6 Å². The molecule has 2 rings (SSSR count). The van der Waals surface area contributed by atoms with E-state index in [0.717, 1.165) is 5.69 Å². The van der Waals surface area contributed by atoms with Crippen molar-refractivity contribution in [1.29, 1.82) is 5.26 Å². The second-order valence-electron chi connectivity index (χ2n) is 3.70. The summed E-state index contributed by atoms with van der Waals surface area (Å²) in [5, 5.41) is 8.66. The highest BCUT2D eigenvalue weighted by Gasteiger charge is 2.27. The van der Waals surface area contributed by atoms with Gasteiger partial charge in [0.2, 0.25) is 5.91 Å². The van der Waals surface area contributed by atoms with E-state index in [4.69, 9.17) is 15.7 Å². The molecule has 0 radical (unpaired) electrons. The average molecular weight is 232 g/mol. The quantitative estimate of drug-likeness (QED) is 0.752. The number of carbonyl (C=O) groups is 1. The minimum atomic E-state index is -0.474. The van der Waals surface area contributed by atoms with E-state index in [1.807, 2.05) is 11.0 Å². The molecule has 1 atom stereocenters. The summed E-state index contributed by atoms with van der Waals surface area (Å²) in [6.45, 7) is 1.42. The Morgan fingerprint density at radius 3 is 3.06 bits per heavy atom. The Bertz CT molecular complexity index is 452. The number of amides is 1. The van der Waals surface area contributed by atoms with Crippen LogP contribution in [0.25, 0.3) is 0 Å². The molecule has 1 aliphatic rings. The van der Waals surface area contributed by atoms with E-state index in [-0.39, 0.29) is 6.61 Å². The number of pyridine rings is 1. The number of nitriles is 1. The summed E-state index contributed by atoms with van der Waals surface area (Å²) >= 11 is 0. The van der Waals surface area contributed by atoms with Gasteiger partial charge in [-0.25, -0.2) is 4.98 Å². The van der Waals surface area contributed by atoms with E-state index in [9.17, 15) is 4.79 Å². The first-order valence-electron chi connectivity index (χ1n) is 5.22. The van der Waals surface area contributed by atoms with Crippen LogP contribution in [-0.4, -0.2) is 36.7 Å². The van der Waals surface area contributed by atoms with Crippen LogP contribution in [0.2, 0.25) is 0 Å². The number of primary amides is 1. The molecular weight excluding hydrogens is 220 g/mol. The van der Waals surface area contributed by atoms with Crippen LogP contribution in [0.3, 0.4) is 0 Å². The lowest BCUT2D eigenvalue weighted by atomic mass is 10.2. The fourth-order valence-electron chi connectivity index (χ4n) is 1.77. The zero-order valence-electron chi connectivity index (χ0n) is 9.17. The highest BCUT2D eigenvalue weighted by Crippen LogP contribution is 2.18. The third-order valence-electron chi connectivity index (χ3n) is 2.65. The summed E-state index contributed by atoms with van der Waals surface area (Å²) in [6.07, 6.45) is 1.57. The number of morpholine rings is 1. The third kappa shape index (κ3) is 2.34. The molecule has 0 aromatic carbocycles. The molecule has 6 nitrogen and oxygen atoms in total. The number of anilines is 1. The zero-order valence-corrected chi connectivity index (χ0v) is 9.17. The Kier molecular flexibility index (Phi) is 3.21. The fourth-order valence-corrected chi connectivity index (χ4v) is 1.77. The minimum absolute atomic E-state index is 0.287. The molecule has 2 heterocycles. The molecule has 6 heteroatoms. The van der Waals surface area contributed by atoms with E-state index in [1.54, 1.807) is 18.3 Å². The van der Waals surface area contributed by atoms with Crippen LogP contribution in [0.1, 0.15) is 5.69 Å². The van der Waals surface area contributed by atoms with Gasteiger partial charge in [0.05, 0.1) is 25.1 Å². The number of hydrogen-bond acceptors (Lipinski definition) is 5. The smallest absolute Gasteiger partial charge is 0.242 e. The standard InChI is InChI=1S/C11H12N4O2/c12-5-8-1-2-9(6-14-8)15-3-4-17-7-10(15)11(13)16/h1-2,6,10H,3-4,7H2,(H2,13,16). The zero-order chi connectivity index (χ0) is 12.3. The van der Waals surface area contributed by atoms with Gasteiger partial charge >= 0.3 is 0 Å². The SMILES string of the molecule is N#Cc1ccc(N2CCOCC2C(N)=O)cn1. The Hall–Kier alpha value is -2.13. The number of hydrogen-bond donors (Lipinski definition) is 1. The number of nitrogens with zero attached hydrogens (tertiary/aromatic N) is 3. The molecule has 0 saturated carbocycles. The molecule has 1 aliphatic heterocycles. The highest BCUT2D eigenvalue weighted by atomic mass is 16.5. The summed E-state index contributed by atoms with van der Waals surface area (Å²) in [5.74, 6) is -0.422. The summed E-state index contributed by atoms with van der Waals surface area (Å²) in [5.41, 5.74) is 6.44. The predicted octanol–water partition coefficient (Wildman–Crippen LogP) is -0.356. The van der Waals surface area contributed by atoms with Crippen LogP contribution in [0, 0.1) is 11.3 Å². The Labute approximate surface area is 98.6 Å². The summed E-state index contributed by atoms with van der Waals surface area (Å²) < 4.78 is 5.22. The van der Waals surface area contributed by atoms with E-state index in [2.05, 4.69) is 4.98 Å². The highest BCUT2D eigenvalue weighted by molar-refractivity contribution is 5.84. The van der Waals surface area contributed by atoms with Crippen LogP contribution in [0.5, 0.6) is 0 Å². The van der Waals surface area contributed by atoms with Crippen LogP contribution in [-0.2, 0) is 9.53 Å². The van der Waals surface area contributed by atoms with E-state index < -0.39 is 11.9 Å². The number of nitrogens with two attached hydrogens (primary N) is 1. The molecule has 88 valence electrons. The largest absolute Gasteiger partial charge is 0.377 e. The maximum atomic E-state index is 11.3. The average Bonchev–Trinajstić information content (AvgIpc) is 2.39. The van der Waals surface area contributed by atoms with Crippen molar-refractivity contribution < 1.29 is 9.53 Å². The molecule has 0 aliphatic carbocycles. The lowest BCUT2D eigenvalue weighted by Gasteiger charge is -2.35. The van der Waals surface area contributed by atoms with E-state index in [1.165, 1.54) is 0 Å². The number of rotatable bonds is 2. The van der Waals surface area contributed by atoms with Crippen molar-refractivity contribution in [2.45, 2.75) is 6.04 Å². The van der Waals surface area contributed by atoms with Crippen molar-refractivity contribution in [3.8, 4) is 6.07 Å². The molecule has 1 aromatic heterocycles. The molecule has 17 heavy (non-hydrogen) atoms. The van der Waals surface area contributed by atoms with Crippen LogP contribution in [0.4, 0.5) is 5.69 Å². The molecule has 2 N–H and O–H groups in total. The lowest BCUT2D eigenvalue weighted by Crippen LogP contribution is -2.52. The van der Waals surface area contributed by atoms with Crippen molar-refractivity contribution in [2.75, 3.05) is 24.7 Å². The molecule has 0 spiro atoms. The van der Waals surface area contributed by atoms with Gasteiger partial charge in [-0.1, -0.05) is 0 Å². The van der Waals surface area contributed by atoms with Gasteiger partial charge in [-0.2, -0.15) is 5.26 Å². The summed E-state index contributed by atoms with van der Waals surface area (Å²) in [7, 11) is 0. The van der Waals surface area contributed by atoms with Gasteiger partial charge < -0.3 is 15.4 Å². The van der Waals surface area contributed by atoms with Gasteiger partial charge in [-0.05, 0) is 12.1 Å². The predicted molar refractivity (Wildman–Crippen MR) is 60.1 cm³/mol. The number of carbonyl (C=O) groups excluding carboxylic acids is 1. The van der Waals surface area contributed by atoms with E-state index in [0.29, 0.717) is 18.8 Å². The van der Waals surface area contributed by atoms with Crippen molar-refractivity contribution in [3.05, 3.63) is 24.0 Å². The molecule has 1 saturated heterocycles. The monoisotopic (exact) mass is 232 g/mol. The normalized spacial score (nSPS) is 19.7. The van der Waals surface area contributed by atoms with Gasteiger partial charge in [0.25, 0.3) is 0 Å². The van der Waals surface area contributed by atoms with Gasteiger partial charge in [0.15, 0.2) is 0 Å². The van der Waals surface area contributed by atoms with Crippen molar-refractivity contribution in [3.63, 3.8) is 0 Å². The van der Waals surface area contributed by atoms with Crippen molar-refractivity contribution >= 4 is 11.6 Å². The summed E-state index contributed by atoms with van der Waals surface area (Å²) in [4.78, 5) is 17.1. The first kappa shape index (κ1) is 11.4. The van der Waals surface area contributed by atoms with Crippen LogP contribution in [0.15, 0.2) is 18.3 Å². The van der Waals surface area contributed by atoms with Gasteiger partial charge in [-0.15, -0.1) is 0 Å². The molecular formula is C11H12N4O2. The second-order valence-corrected chi connectivity index (χ2v) is 3.70. The molecule has 1 aromatic rings. The lowest BCUT2D eigenvalue weighted by molar-refractivity contribution is -0.121. The van der Waals surface area contributed by atoms with E-state index >= 15 is 0 Å². The molecule has 1 fully saturated rings. The van der Waals surface area contributed by atoms with Crippen LogP contribution >= 0.6 is 0 Å². The van der Waals surface area contributed by atoms with Gasteiger partial charge in [0, 0.05) is 6.54 Å². The maximum Gasteiger partial charge on any atom is 0.242 e. The third-order valence-corrected chi connectivity index (χ3v) is 2.65. The van der Waals surface area contributed by atoms with Gasteiger partial charge in [-0.3, -0.25) is 4.79 Å². The minimum Gasteiger partial charge on any atom is -0.377 e. The first-order chi connectivity index (χ1) is 8.22. The maximum absolute atomic E-state index is 11.3. The Balaban J connectivity index is 2.24. The molecule has 1 amide bonds. The number of ether oxygens (including phenoxy) is 1. The van der Waals surface area contributed by atoms with Gasteiger partial charge in [0.1, 0.15) is 17.8 Å². The molecule has 1 unspecified atom stereocenters. The fraction of sp³-hybridized carbons (Fsp3) is 0.364. The van der Waals surface area contributed by atoms with Crippen molar-refractivity contribution in [2.24, 2.45) is 5.73 Å². The topological polar surface area (TPSA) is 92.2 Å². The second kappa shape index (κ2) is 4.80. The Morgan fingerprint density at radius 2 is 2.47 bits per heavy atom. The van der Waals surface area contributed by atoms with Crippen molar-refractivity contribution in [1.82, 2.24) is 4.98 Å².